The van der Waals surface area contributed by atoms with E-state index in [4.69, 9.17) is 10.5 Å². The number of aryl methyl sites for hydroxylation is 1. The SMILES string of the molecule is CCc1ccc(Oc2ccc3ncccc3c2N)cc1. The molecule has 0 radical (unpaired) electrons. The Morgan fingerprint density at radius 2 is 1.85 bits per heavy atom. The predicted octanol–water partition coefficient (Wildman–Crippen LogP) is 4.17. The molecule has 3 rings (SSSR count). The smallest absolute Gasteiger partial charge is 0.151 e. The maximum absolute atomic E-state index is 6.16. The minimum absolute atomic E-state index is 0.621. The highest BCUT2D eigenvalue weighted by Gasteiger charge is 2.07. The molecule has 100 valence electrons. The van der Waals surface area contributed by atoms with Crippen LogP contribution in [0.5, 0.6) is 11.5 Å². The second-order valence-electron chi connectivity index (χ2n) is 4.65. The Morgan fingerprint density at radius 1 is 1.05 bits per heavy atom. The van der Waals surface area contributed by atoms with E-state index < -0.39 is 0 Å². The normalized spacial score (nSPS) is 10.7. The van der Waals surface area contributed by atoms with Crippen molar-refractivity contribution in [3.8, 4) is 11.5 Å². The molecule has 2 N–H and O–H groups in total. The van der Waals surface area contributed by atoms with Gasteiger partial charge in [0.1, 0.15) is 5.75 Å². The first-order valence-corrected chi connectivity index (χ1v) is 6.68. The van der Waals surface area contributed by atoms with Gasteiger partial charge in [-0.05, 0) is 48.4 Å². The molecule has 0 fully saturated rings. The van der Waals surface area contributed by atoms with Crippen LogP contribution in [0.1, 0.15) is 12.5 Å². The molecule has 0 amide bonds. The average Bonchev–Trinajstić information content (AvgIpc) is 2.51. The maximum Gasteiger partial charge on any atom is 0.151 e. The number of nitrogens with zero attached hydrogens (tertiary/aromatic N) is 1. The zero-order chi connectivity index (χ0) is 13.9. The fourth-order valence-electron chi connectivity index (χ4n) is 2.16. The Bertz CT molecular complexity index is 736. The zero-order valence-corrected chi connectivity index (χ0v) is 11.3. The Balaban J connectivity index is 1.95. The van der Waals surface area contributed by atoms with Gasteiger partial charge in [-0.3, -0.25) is 4.98 Å². The summed E-state index contributed by atoms with van der Waals surface area (Å²) in [6.45, 7) is 2.13. The number of nitrogen functional groups attached to an aromatic ring is 1. The quantitative estimate of drug-likeness (QED) is 0.722. The lowest BCUT2D eigenvalue weighted by atomic mass is 10.1. The van der Waals surface area contributed by atoms with Crippen LogP contribution in [0, 0.1) is 0 Å². The number of hydrogen-bond donors (Lipinski definition) is 1. The molecule has 0 unspecified atom stereocenters. The molecular formula is C17H16N2O. The van der Waals surface area contributed by atoms with E-state index >= 15 is 0 Å². The highest BCUT2D eigenvalue weighted by molar-refractivity contribution is 5.93. The van der Waals surface area contributed by atoms with Crippen molar-refractivity contribution in [1.29, 1.82) is 0 Å². The largest absolute Gasteiger partial charge is 0.455 e. The van der Waals surface area contributed by atoms with Gasteiger partial charge in [0.2, 0.25) is 0 Å². The van der Waals surface area contributed by atoms with Crippen LogP contribution in [0.4, 0.5) is 5.69 Å². The number of nitrogens with two attached hydrogens (primary N) is 1. The summed E-state index contributed by atoms with van der Waals surface area (Å²) in [6.07, 6.45) is 2.77. The van der Waals surface area contributed by atoms with Crippen molar-refractivity contribution in [1.82, 2.24) is 4.98 Å². The minimum atomic E-state index is 0.621. The summed E-state index contributed by atoms with van der Waals surface area (Å²) >= 11 is 0. The third-order valence-electron chi connectivity index (χ3n) is 3.35. The van der Waals surface area contributed by atoms with Crippen molar-refractivity contribution in [3.63, 3.8) is 0 Å². The number of pyridine rings is 1. The molecule has 0 bridgehead atoms. The molecule has 3 heteroatoms. The third kappa shape index (κ3) is 2.30. The number of benzene rings is 2. The van der Waals surface area contributed by atoms with Gasteiger partial charge in [-0.15, -0.1) is 0 Å². The molecule has 0 aliphatic rings. The van der Waals surface area contributed by atoms with E-state index in [1.807, 2.05) is 36.4 Å². The van der Waals surface area contributed by atoms with E-state index in [0.29, 0.717) is 11.4 Å². The first-order valence-electron chi connectivity index (χ1n) is 6.68. The molecule has 0 atom stereocenters. The molecule has 2 aromatic carbocycles. The molecule has 3 nitrogen and oxygen atoms in total. The standard InChI is InChI=1S/C17H16N2O/c1-2-12-5-7-13(8-6-12)20-16-10-9-15-14(17(16)18)4-3-11-19-15/h3-11H,2,18H2,1H3. The fourth-order valence-corrected chi connectivity index (χ4v) is 2.16. The van der Waals surface area contributed by atoms with Gasteiger partial charge in [0.15, 0.2) is 5.75 Å². The Labute approximate surface area is 118 Å². The van der Waals surface area contributed by atoms with Crippen molar-refractivity contribution in [3.05, 3.63) is 60.3 Å². The van der Waals surface area contributed by atoms with E-state index in [1.165, 1.54) is 5.56 Å². The van der Waals surface area contributed by atoms with E-state index in [0.717, 1.165) is 23.1 Å². The predicted molar refractivity (Wildman–Crippen MR) is 82.0 cm³/mol. The summed E-state index contributed by atoms with van der Waals surface area (Å²) in [5.74, 6) is 1.45. The number of ether oxygens (including phenoxy) is 1. The molecule has 20 heavy (non-hydrogen) atoms. The highest BCUT2D eigenvalue weighted by atomic mass is 16.5. The van der Waals surface area contributed by atoms with Gasteiger partial charge in [-0.25, -0.2) is 0 Å². The van der Waals surface area contributed by atoms with Gasteiger partial charge < -0.3 is 10.5 Å². The van der Waals surface area contributed by atoms with Crippen molar-refractivity contribution in [2.75, 3.05) is 5.73 Å². The summed E-state index contributed by atoms with van der Waals surface area (Å²) in [5.41, 5.74) is 8.94. The number of aromatic nitrogens is 1. The number of anilines is 1. The van der Waals surface area contributed by atoms with Crippen LogP contribution < -0.4 is 10.5 Å². The molecule has 0 saturated heterocycles. The van der Waals surface area contributed by atoms with Gasteiger partial charge in [-0.1, -0.05) is 19.1 Å². The molecule has 0 saturated carbocycles. The first kappa shape index (κ1) is 12.5. The van der Waals surface area contributed by atoms with Gasteiger partial charge in [0, 0.05) is 11.6 Å². The summed E-state index contributed by atoms with van der Waals surface area (Å²) in [7, 11) is 0. The third-order valence-corrected chi connectivity index (χ3v) is 3.35. The maximum atomic E-state index is 6.16. The zero-order valence-electron chi connectivity index (χ0n) is 11.3. The molecule has 0 aliphatic heterocycles. The van der Waals surface area contributed by atoms with Crippen LogP contribution >= 0.6 is 0 Å². The number of hydrogen-bond acceptors (Lipinski definition) is 3. The van der Waals surface area contributed by atoms with Gasteiger partial charge in [0.25, 0.3) is 0 Å². The van der Waals surface area contributed by atoms with Crippen molar-refractivity contribution >= 4 is 16.6 Å². The van der Waals surface area contributed by atoms with Crippen LogP contribution in [0.3, 0.4) is 0 Å². The summed E-state index contributed by atoms with van der Waals surface area (Å²) < 4.78 is 5.86. The van der Waals surface area contributed by atoms with Crippen molar-refractivity contribution in [2.45, 2.75) is 13.3 Å². The minimum Gasteiger partial charge on any atom is -0.455 e. The van der Waals surface area contributed by atoms with Gasteiger partial charge >= 0.3 is 0 Å². The van der Waals surface area contributed by atoms with Crippen LogP contribution in [0.25, 0.3) is 10.9 Å². The summed E-state index contributed by atoms with van der Waals surface area (Å²) in [5, 5.41) is 0.912. The van der Waals surface area contributed by atoms with Gasteiger partial charge in [0.05, 0.1) is 11.2 Å². The first-order chi connectivity index (χ1) is 9.78. The second kappa shape index (κ2) is 5.21. The van der Waals surface area contributed by atoms with Crippen LogP contribution in [-0.4, -0.2) is 4.98 Å². The average molecular weight is 264 g/mol. The molecule has 1 aromatic heterocycles. The van der Waals surface area contributed by atoms with E-state index in [2.05, 4.69) is 24.0 Å². The van der Waals surface area contributed by atoms with Crippen LogP contribution in [-0.2, 0) is 6.42 Å². The van der Waals surface area contributed by atoms with Crippen molar-refractivity contribution in [2.24, 2.45) is 0 Å². The number of rotatable bonds is 3. The molecular weight excluding hydrogens is 248 g/mol. The Kier molecular flexibility index (Phi) is 3.25. The molecule has 0 spiro atoms. The van der Waals surface area contributed by atoms with Crippen LogP contribution in [0.2, 0.25) is 0 Å². The Morgan fingerprint density at radius 3 is 2.60 bits per heavy atom. The van der Waals surface area contributed by atoms with Gasteiger partial charge in [-0.2, -0.15) is 0 Å². The van der Waals surface area contributed by atoms with E-state index in [1.54, 1.807) is 6.20 Å². The monoisotopic (exact) mass is 264 g/mol. The highest BCUT2D eigenvalue weighted by Crippen LogP contribution is 2.32. The topological polar surface area (TPSA) is 48.1 Å². The molecule has 1 heterocycles. The molecule has 3 aromatic rings. The lowest BCUT2D eigenvalue weighted by molar-refractivity contribution is 0.485. The lowest BCUT2D eigenvalue weighted by Gasteiger charge is -2.10. The molecule has 0 aliphatic carbocycles. The Hall–Kier alpha value is -2.55. The van der Waals surface area contributed by atoms with Crippen LogP contribution in [0.15, 0.2) is 54.7 Å². The van der Waals surface area contributed by atoms with E-state index in [-0.39, 0.29) is 0 Å². The number of fused-ring (bicyclic) bond motifs is 1. The fraction of sp³-hybridized carbons (Fsp3) is 0.118. The van der Waals surface area contributed by atoms with Crippen molar-refractivity contribution < 1.29 is 4.74 Å². The van der Waals surface area contributed by atoms with E-state index in [9.17, 15) is 0 Å². The lowest BCUT2D eigenvalue weighted by Crippen LogP contribution is -1.94. The summed E-state index contributed by atoms with van der Waals surface area (Å²) in [4.78, 5) is 4.28. The summed E-state index contributed by atoms with van der Waals surface area (Å²) in [6, 6.07) is 15.7. The second-order valence-corrected chi connectivity index (χ2v) is 4.65.